The van der Waals surface area contributed by atoms with Crippen LogP contribution in [-0.2, 0) is 6.42 Å². The molecule has 0 amide bonds. The SMILES string of the molecule is COc1c(C)cc(-c2nc(N)sc2CC(C)C)cc1Cl. The predicted octanol–water partition coefficient (Wildman–Crippen LogP) is 4.56. The van der Waals surface area contributed by atoms with Crippen molar-refractivity contribution < 1.29 is 4.74 Å². The summed E-state index contributed by atoms with van der Waals surface area (Å²) < 4.78 is 5.29. The summed E-state index contributed by atoms with van der Waals surface area (Å²) in [4.78, 5) is 5.68. The van der Waals surface area contributed by atoms with E-state index in [9.17, 15) is 0 Å². The molecule has 3 nitrogen and oxygen atoms in total. The van der Waals surface area contributed by atoms with Crippen LogP contribution >= 0.6 is 22.9 Å². The Morgan fingerprint density at radius 3 is 2.65 bits per heavy atom. The maximum Gasteiger partial charge on any atom is 0.180 e. The van der Waals surface area contributed by atoms with Crippen LogP contribution < -0.4 is 10.5 Å². The van der Waals surface area contributed by atoms with E-state index < -0.39 is 0 Å². The van der Waals surface area contributed by atoms with Crippen LogP contribution in [0.25, 0.3) is 11.3 Å². The van der Waals surface area contributed by atoms with Crippen molar-refractivity contribution in [1.82, 2.24) is 4.98 Å². The lowest BCUT2D eigenvalue weighted by Gasteiger charge is -2.10. The Balaban J connectivity index is 2.51. The molecular weight excluding hydrogens is 292 g/mol. The highest BCUT2D eigenvalue weighted by Crippen LogP contribution is 2.37. The van der Waals surface area contributed by atoms with E-state index in [1.165, 1.54) is 4.88 Å². The fourth-order valence-corrected chi connectivity index (χ4v) is 3.64. The fourth-order valence-electron chi connectivity index (χ4n) is 2.23. The number of halogens is 1. The van der Waals surface area contributed by atoms with E-state index in [0.29, 0.717) is 21.8 Å². The van der Waals surface area contributed by atoms with Gasteiger partial charge in [-0.2, -0.15) is 0 Å². The third-order valence-corrected chi connectivity index (χ3v) is 4.20. The Kier molecular flexibility index (Phi) is 4.55. The first-order valence-corrected chi connectivity index (χ1v) is 7.71. The largest absolute Gasteiger partial charge is 0.495 e. The summed E-state index contributed by atoms with van der Waals surface area (Å²) >= 11 is 7.82. The number of ether oxygens (including phenoxy) is 1. The van der Waals surface area contributed by atoms with Gasteiger partial charge in [-0.05, 0) is 37.0 Å². The Morgan fingerprint density at radius 1 is 1.40 bits per heavy atom. The number of aryl methyl sites for hydroxylation is 1. The summed E-state index contributed by atoms with van der Waals surface area (Å²) in [6, 6.07) is 3.94. The molecule has 2 N–H and O–H groups in total. The molecule has 20 heavy (non-hydrogen) atoms. The van der Waals surface area contributed by atoms with Gasteiger partial charge in [-0.25, -0.2) is 4.98 Å². The number of hydrogen-bond acceptors (Lipinski definition) is 4. The molecule has 0 aliphatic carbocycles. The van der Waals surface area contributed by atoms with Crippen molar-refractivity contribution in [1.29, 1.82) is 0 Å². The van der Waals surface area contributed by atoms with Crippen LogP contribution in [-0.4, -0.2) is 12.1 Å². The fraction of sp³-hybridized carbons (Fsp3) is 0.400. The number of anilines is 1. The Bertz CT molecular complexity index is 599. The zero-order valence-corrected chi connectivity index (χ0v) is 13.7. The van der Waals surface area contributed by atoms with Crippen LogP contribution in [0.3, 0.4) is 0 Å². The van der Waals surface area contributed by atoms with Gasteiger partial charge < -0.3 is 10.5 Å². The summed E-state index contributed by atoms with van der Waals surface area (Å²) in [5, 5.41) is 1.20. The number of nitrogen functional groups attached to an aromatic ring is 1. The average molecular weight is 311 g/mol. The third-order valence-electron chi connectivity index (χ3n) is 3.01. The first-order chi connectivity index (χ1) is 9.42. The Hall–Kier alpha value is -1.26. The molecule has 1 heterocycles. The number of nitrogens with two attached hydrogens (primary N) is 1. The lowest BCUT2D eigenvalue weighted by molar-refractivity contribution is 0.412. The molecule has 5 heteroatoms. The summed E-state index contributed by atoms with van der Waals surface area (Å²) in [5.41, 5.74) is 8.81. The molecule has 2 rings (SSSR count). The first kappa shape index (κ1) is 15.1. The van der Waals surface area contributed by atoms with Crippen molar-refractivity contribution in [2.75, 3.05) is 12.8 Å². The lowest BCUT2D eigenvalue weighted by atomic mass is 10.0. The van der Waals surface area contributed by atoms with Crippen molar-refractivity contribution in [3.05, 3.63) is 27.6 Å². The highest BCUT2D eigenvalue weighted by molar-refractivity contribution is 7.15. The van der Waals surface area contributed by atoms with Gasteiger partial charge in [0.05, 0.1) is 17.8 Å². The molecule has 0 bridgehead atoms. The maximum atomic E-state index is 6.27. The zero-order valence-electron chi connectivity index (χ0n) is 12.2. The van der Waals surface area contributed by atoms with Crippen LogP contribution in [0.4, 0.5) is 5.13 Å². The molecule has 0 saturated carbocycles. The molecule has 2 aromatic rings. The molecule has 0 saturated heterocycles. The molecule has 0 atom stereocenters. The quantitative estimate of drug-likeness (QED) is 0.900. The van der Waals surface area contributed by atoms with E-state index in [4.69, 9.17) is 22.1 Å². The highest BCUT2D eigenvalue weighted by Gasteiger charge is 2.16. The number of hydrogen-bond donors (Lipinski definition) is 1. The van der Waals surface area contributed by atoms with E-state index in [1.807, 2.05) is 19.1 Å². The molecular formula is C15H19ClN2OS. The number of methoxy groups -OCH3 is 1. The van der Waals surface area contributed by atoms with E-state index in [2.05, 4.69) is 18.8 Å². The van der Waals surface area contributed by atoms with Gasteiger partial charge in [0.25, 0.3) is 0 Å². The van der Waals surface area contributed by atoms with Crippen molar-refractivity contribution in [2.24, 2.45) is 5.92 Å². The normalized spacial score (nSPS) is 11.1. The van der Waals surface area contributed by atoms with Crippen LogP contribution in [0.1, 0.15) is 24.3 Å². The molecule has 0 unspecified atom stereocenters. The number of aromatic nitrogens is 1. The van der Waals surface area contributed by atoms with Gasteiger partial charge in [-0.3, -0.25) is 0 Å². The van der Waals surface area contributed by atoms with Gasteiger partial charge in [-0.15, -0.1) is 11.3 Å². The van der Waals surface area contributed by atoms with E-state index >= 15 is 0 Å². The van der Waals surface area contributed by atoms with Gasteiger partial charge >= 0.3 is 0 Å². The van der Waals surface area contributed by atoms with Crippen LogP contribution in [0.5, 0.6) is 5.75 Å². The summed E-state index contributed by atoms with van der Waals surface area (Å²) in [6.07, 6.45) is 0.965. The maximum absolute atomic E-state index is 6.27. The second-order valence-electron chi connectivity index (χ2n) is 5.23. The Morgan fingerprint density at radius 2 is 2.10 bits per heavy atom. The standard InChI is InChI=1S/C15H19ClN2OS/c1-8(2)5-12-13(18-15(17)20-12)10-6-9(3)14(19-4)11(16)7-10/h6-8H,5H2,1-4H3,(H2,17,18). The molecule has 1 aromatic carbocycles. The minimum Gasteiger partial charge on any atom is -0.495 e. The second-order valence-corrected chi connectivity index (χ2v) is 6.75. The van der Waals surface area contributed by atoms with Crippen molar-refractivity contribution >= 4 is 28.1 Å². The topological polar surface area (TPSA) is 48.1 Å². The average Bonchev–Trinajstić information content (AvgIpc) is 2.68. The van der Waals surface area contributed by atoms with Crippen molar-refractivity contribution in [3.8, 4) is 17.0 Å². The van der Waals surface area contributed by atoms with Crippen LogP contribution in [0.2, 0.25) is 5.02 Å². The smallest absolute Gasteiger partial charge is 0.180 e. The summed E-state index contributed by atoms with van der Waals surface area (Å²) in [7, 11) is 1.62. The van der Waals surface area contributed by atoms with Gasteiger partial charge in [-0.1, -0.05) is 25.4 Å². The van der Waals surface area contributed by atoms with Crippen molar-refractivity contribution in [3.63, 3.8) is 0 Å². The van der Waals surface area contributed by atoms with Crippen LogP contribution in [0, 0.1) is 12.8 Å². The van der Waals surface area contributed by atoms with Crippen molar-refractivity contribution in [2.45, 2.75) is 27.2 Å². The number of rotatable bonds is 4. The first-order valence-electron chi connectivity index (χ1n) is 6.52. The zero-order chi connectivity index (χ0) is 14.9. The summed E-state index contributed by atoms with van der Waals surface area (Å²) in [5.74, 6) is 1.27. The summed E-state index contributed by atoms with van der Waals surface area (Å²) in [6.45, 7) is 6.35. The molecule has 0 aliphatic heterocycles. The molecule has 0 spiro atoms. The molecule has 0 aliphatic rings. The minimum absolute atomic E-state index is 0.559. The number of benzene rings is 1. The van der Waals surface area contributed by atoms with Gasteiger partial charge in [0.15, 0.2) is 5.13 Å². The van der Waals surface area contributed by atoms with Gasteiger partial charge in [0.2, 0.25) is 0 Å². The van der Waals surface area contributed by atoms with Gasteiger partial charge in [0, 0.05) is 10.4 Å². The highest BCUT2D eigenvalue weighted by atomic mass is 35.5. The minimum atomic E-state index is 0.559. The number of thiazole rings is 1. The molecule has 1 aromatic heterocycles. The number of nitrogens with zero attached hydrogens (tertiary/aromatic N) is 1. The Labute approximate surface area is 128 Å². The molecule has 0 fully saturated rings. The lowest BCUT2D eigenvalue weighted by Crippen LogP contribution is -1.95. The third kappa shape index (κ3) is 3.07. The van der Waals surface area contributed by atoms with Crippen LogP contribution in [0.15, 0.2) is 12.1 Å². The molecule has 0 radical (unpaired) electrons. The monoisotopic (exact) mass is 310 g/mol. The second kappa shape index (κ2) is 6.02. The van der Waals surface area contributed by atoms with Gasteiger partial charge in [0.1, 0.15) is 5.75 Å². The van der Waals surface area contributed by atoms with E-state index in [-0.39, 0.29) is 0 Å². The van der Waals surface area contributed by atoms with E-state index in [1.54, 1.807) is 18.4 Å². The predicted molar refractivity (Wildman–Crippen MR) is 86.8 cm³/mol. The molecule has 108 valence electrons. The van der Waals surface area contributed by atoms with E-state index in [0.717, 1.165) is 23.2 Å².